The third kappa shape index (κ3) is 4.55. The molecule has 132 valence electrons. The Kier molecular flexibility index (Phi) is 5.62. The Morgan fingerprint density at radius 3 is 2.50 bits per heavy atom. The van der Waals surface area contributed by atoms with Crippen LogP contribution in [0, 0.1) is 0 Å². The summed E-state index contributed by atoms with van der Waals surface area (Å²) < 4.78 is 11.1. The molecule has 1 heterocycles. The molecule has 3 atom stereocenters. The van der Waals surface area contributed by atoms with Gasteiger partial charge in [-0.3, -0.25) is 4.79 Å². The summed E-state index contributed by atoms with van der Waals surface area (Å²) in [7, 11) is 0. The van der Waals surface area contributed by atoms with Crippen LogP contribution in [0.2, 0.25) is 0 Å². The Morgan fingerprint density at radius 2 is 1.92 bits per heavy atom. The fourth-order valence-corrected chi connectivity index (χ4v) is 2.69. The maximum atomic E-state index is 12.3. The van der Waals surface area contributed by atoms with Crippen molar-refractivity contribution in [1.29, 1.82) is 0 Å². The Labute approximate surface area is 142 Å². The highest BCUT2D eigenvalue weighted by Crippen LogP contribution is 2.25. The Bertz CT molecular complexity index is 581. The van der Waals surface area contributed by atoms with Crippen LogP contribution in [0.1, 0.15) is 39.7 Å². The molecule has 0 aromatic heterocycles. The van der Waals surface area contributed by atoms with E-state index in [4.69, 9.17) is 9.47 Å². The summed E-state index contributed by atoms with van der Waals surface area (Å²) >= 11 is 0. The van der Waals surface area contributed by atoms with E-state index in [1.54, 1.807) is 27.7 Å². The number of hydrogen-bond acceptors (Lipinski definition) is 5. The van der Waals surface area contributed by atoms with Gasteiger partial charge in [0.25, 0.3) is 0 Å². The largest absolute Gasteiger partial charge is 0.443 e. The minimum Gasteiger partial charge on any atom is -0.443 e. The number of nitrogens with zero attached hydrogens (tertiary/aromatic N) is 1. The average molecular weight is 335 g/mol. The molecule has 0 bridgehead atoms. The first-order valence-electron chi connectivity index (χ1n) is 8.07. The van der Waals surface area contributed by atoms with E-state index < -0.39 is 35.9 Å². The second-order valence-corrected chi connectivity index (χ2v) is 7.02. The van der Waals surface area contributed by atoms with E-state index in [2.05, 4.69) is 0 Å². The van der Waals surface area contributed by atoms with Crippen LogP contribution in [0.15, 0.2) is 30.3 Å². The van der Waals surface area contributed by atoms with E-state index in [-0.39, 0.29) is 6.42 Å². The maximum Gasteiger partial charge on any atom is 0.417 e. The molecule has 1 aromatic rings. The van der Waals surface area contributed by atoms with Gasteiger partial charge in [0.2, 0.25) is 5.91 Å². The zero-order valence-electron chi connectivity index (χ0n) is 14.6. The molecule has 0 aliphatic carbocycles. The average Bonchev–Trinajstić information content (AvgIpc) is 2.45. The van der Waals surface area contributed by atoms with E-state index in [1.807, 2.05) is 30.3 Å². The van der Waals surface area contributed by atoms with Crippen LogP contribution in [-0.4, -0.2) is 45.9 Å². The first kappa shape index (κ1) is 18.4. The molecule has 6 nitrogen and oxygen atoms in total. The molecule has 1 fully saturated rings. The zero-order valence-corrected chi connectivity index (χ0v) is 14.6. The van der Waals surface area contributed by atoms with Crippen molar-refractivity contribution in [3.8, 4) is 0 Å². The van der Waals surface area contributed by atoms with Crippen molar-refractivity contribution >= 4 is 12.0 Å². The van der Waals surface area contributed by atoms with Crippen LogP contribution in [0.25, 0.3) is 0 Å². The fourth-order valence-electron chi connectivity index (χ4n) is 2.69. The van der Waals surface area contributed by atoms with Gasteiger partial charge >= 0.3 is 6.09 Å². The monoisotopic (exact) mass is 335 g/mol. The van der Waals surface area contributed by atoms with Crippen LogP contribution in [-0.2, 0) is 20.9 Å². The molecule has 0 unspecified atom stereocenters. The van der Waals surface area contributed by atoms with Crippen LogP contribution in [0.5, 0.6) is 0 Å². The zero-order chi connectivity index (χ0) is 17.9. The van der Waals surface area contributed by atoms with Crippen molar-refractivity contribution < 1.29 is 24.2 Å². The van der Waals surface area contributed by atoms with Gasteiger partial charge in [0.15, 0.2) is 0 Å². The lowest BCUT2D eigenvalue weighted by atomic mass is 9.96. The molecule has 0 saturated carbocycles. The van der Waals surface area contributed by atoms with Crippen LogP contribution < -0.4 is 0 Å². The van der Waals surface area contributed by atoms with Crippen LogP contribution >= 0.6 is 0 Å². The predicted molar refractivity (Wildman–Crippen MR) is 88.2 cm³/mol. The number of rotatable bonds is 3. The van der Waals surface area contributed by atoms with Crippen molar-refractivity contribution in [2.24, 2.45) is 0 Å². The second-order valence-electron chi connectivity index (χ2n) is 7.02. The summed E-state index contributed by atoms with van der Waals surface area (Å²) in [5, 5.41) is 10.2. The Balaban J connectivity index is 2.08. The van der Waals surface area contributed by atoms with Crippen LogP contribution in [0.3, 0.4) is 0 Å². The molecule has 2 amide bonds. The number of piperidine rings is 1. The van der Waals surface area contributed by atoms with E-state index in [0.717, 1.165) is 10.5 Å². The van der Waals surface area contributed by atoms with Gasteiger partial charge in [-0.15, -0.1) is 0 Å². The number of carbonyl (C=O) groups is 2. The molecule has 0 radical (unpaired) electrons. The van der Waals surface area contributed by atoms with Gasteiger partial charge in [-0.2, -0.15) is 0 Å². The standard InChI is InChI=1S/C18H25NO5/c1-12-16(23-11-13-8-6-5-7-9-13)14(20)10-15(21)19(12)17(22)24-18(2,3)4/h5-9,12,14,16,20H,10-11H2,1-4H3/t12-,14-,16-/m1/s1. The first-order chi connectivity index (χ1) is 11.2. The highest BCUT2D eigenvalue weighted by molar-refractivity contribution is 5.93. The highest BCUT2D eigenvalue weighted by atomic mass is 16.6. The molecule has 1 aliphatic rings. The SMILES string of the molecule is C[C@@H]1[C@@H](OCc2ccccc2)[C@H](O)CC(=O)N1C(=O)OC(C)(C)C. The minimum atomic E-state index is -0.949. The molecule has 1 aromatic carbocycles. The van der Waals surface area contributed by atoms with Gasteiger partial charge < -0.3 is 14.6 Å². The molecule has 2 rings (SSSR count). The number of aliphatic hydroxyl groups is 1. The quantitative estimate of drug-likeness (QED) is 0.918. The van der Waals surface area contributed by atoms with Gasteiger partial charge in [-0.1, -0.05) is 30.3 Å². The topological polar surface area (TPSA) is 76.1 Å². The van der Waals surface area contributed by atoms with Gasteiger partial charge in [0.05, 0.1) is 25.2 Å². The smallest absolute Gasteiger partial charge is 0.417 e. The summed E-state index contributed by atoms with van der Waals surface area (Å²) in [4.78, 5) is 25.5. The molecule has 1 N–H and O–H groups in total. The number of carbonyl (C=O) groups excluding carboxylic acids is 2. The van der Waals surface area contributed by atoms with Crippen molar-refractivity contribution in [3.05, 3.63) is 35.9 Å². The molecule has 0 spiro atoms. The van der Waals surface area contributed by atoms with E-state index >= 15 is 0 Å². The third-order valence-electron chi connectivity index (χ3n) is 3.79. The number of hydrogen-bond donors (Lipinski definition) is 1. The lowest BCUT2D eigenvalue weighted by molar-refractivity contribution is -0.156. The molecular formula is C18H25NO5. The number of benzene rings is 1. The molecule has 1 saturated heterocycles. The summed E-state index contributed by atoms with van der Waals surface area (Å²) in [6.45, 7) is 7.19. The summed E-state index contributed by atoms with van der Waals surface area (Å²) in [6.07, 6.45) is -2.48. The van der Waals surface area contributed by atoms with E-state index in [1.165, 1.54) is 0 Å². The first-order valence-corrected chi connectivity index (χ1v) is 8.07. The Hall–Kier alpha value is -1.92. The summed E-state index contributed by atoms with van der Waals surface area (Å²) in [5.41, 5.74) is 0.255. The lowest BCUT2D eigenvalue weighted by Crippen LogP contribution is -2.59. The maximum absolute atomic E-state index is 12.3. The van der Waals surface area contributed by atoms with Gasteiger partial charge in [0.1, 0.15) is 11.7 Å². The number of likely N-dealkylation sites (tertiary alicyclic amines) is 1. The highest BCUT2D eigenvalue weighted by Gasteiger charge is 2.44. The summed E-state index contributed by atoms with van der Waals surface area (Å²) in [5.74, 6) is -0.455. The van der Waals surface area contributed by atoms with Gasteiger partial charge in [-0.05, 0) is 33.3 Å². The second kappa shape index (κ2) is 7.32. The fraction of sp³-hybridized carbons (Fsp3) is 0.556. The van der Waals surface area contributed by atoms with Crippen molar-refractivity contribution in [2.45, 2.75) is 64.6 Å². The Morgan fingerprint density at radius 1 is 1.29 bits per heavy atom. The predicted octanol–water partition coefficient (Wildman–Crippen LogP) is 2.49. The molecular weight excluding hydrogens is 310 g/mol. The molecule has 24 heavy (non-hydrogen) atoms. The van der Waals surface area contributed by atoms with Crippen molar-refractivity contribution in [2.75, 3.05) is 0 Å². The summed E-state index contributed by atoms with van der Waals surface area (Å²) in [6, 6.07) is 8.92. The van der Waals surface area contributed by atoms with Crippen molar-refractivity contribution in [3.63, 3.8) is 0 Å². The number of amides is 2. The third-order valence-corrected chi connectivity index (χ3v) is 3.79. The molecule has 6 heteroatoms. The van der Waals surface area contributed by atoms with Crippen LogP contribution in [0.4, 0.5) is 4.79 Å². The van der Waals surface area contributed by atoms with Gasteiger partial charge in [0, 0.05) is 0 Å². The van der Waals surface area contributed by atoms with Crippen molar-refractivity contribution in [1.82, 2.24) is 4.90 Å². The lowest BCUT2D eigenvalue weighted by Gasteiger charge is -2.40. The molecule has 1 aliphatic heterocycles. The normalized spacial score (nSPS) is 24.8. The number of imide groups is 1. The number of ether oxygens (including phenoxy) is 2. The van der Waals surface area contributed by atoms with Gasteiger partial charge in [-0.25, -0.2) is 9.69 Å². The van der Waals surface area contributed by atoms with E-state index in [0.29, 0.717) is 6.61 Å². The number of aliphatic hydroxyl groups excluding tert-OH is 1. The minimum absolute atomic E-state index is 0.164. The van der Waals surface area contributed by atoms with E-state index in [9.17, 15) is 14.7 Å².